The third-order valence-corrected chi connectivity index (χ3v) is 7.44. The SMILES string of the molecule is O=C(Cc1ccc(S(=O)(=O)N2CCCCC2)cc1)Nc1ccccc1-c1ccccc1. The second-order valence-corrected chi connectivity index (χ2v) is 9.68. The Hall–Kier alpha value is -2.96. The van der Waals surface area contributed by atoms with Gasteiger partial charge in [-0.1, -0.05) is 67.1 Å². The van der Waals surface area contributed by atoms with Crippen LogP contribution in [0.25, 0.3) is 11.1 Å². The number of nitrogens with one attached hydrogen (secondary N) is 1. The first-order valence-corrected chi connectivity index (χ1v) is 12.0. The van der Waals surface area contributed by atoms with Crippen LogP contribution in [0.2, 0.25) is 0 Å². The largest absolute Gasteiger partial charge is 0.325 e. The van der Waals surface area contributed by atoms with Gasteiger partial charge in [0.05, 0.1) is 11.3 Å². The fourth-order valence-corrected chi connectivity index (χ4v) is 5.39. The Kier molecular flexibility index (Phi) is 6.49. The van der Waals surface area contributed by atoms with Crippen LogP contribution in [-0.2, 0) is 21.2 Å². The maximum atomic E-state index is 12.8. The van der Waals surface area contributed by atoms with Crippen LogP contribution in [0.5, 0.6) is 0 Å². The average Bonchev–Trinajstić information content (AvgIpc) is 2.81. The molecule has 1 amide bonds. The molecule has 0 aliphatic carbocycles. The number of carbonyl (C=O) groups excluding carboxylic acids is 1. The van der Waals surface area contributed by atoms with E-state index in [9.17, 15) is 13.2 Å². The summed E-state index contributed by atoms with van der Waals surface area (Å²) in [7, 11) is -3.46. The molecule has 0 bridgehead atoms. The van der Waals surface area contributed by atoms with Crippen molar-refractivity contribution in [2.24, 2.45) is 0 Å². The number of hydrogen-bond donors (Lipinski definition) is 1. The highest BCUT2D eigenvalue weighted by atomic mass is 32.2. The molecule has 0 unspecified atom stereocenters. The lowest BCUT2D eigenvalue weighted by molar-refractivity contribution is -0.115. The van der Waals surface area contributed by atoms with Gasteiger partial charge in [0.25, 0.3) is 0 Å². The molecule has 160 valence electrons. The fraction of sp³-hybridized carbons (Fsp3) is 0.240. The van der Waals surface area contributed by atoms with Gasteiger partial charge in [-0.3, -0.25) is 4.79 Å². The van der Waals surface area contributed by atoms with Crippen molar-refractivity contribution in [3.8, 4) is 11.1 Å². The van der Waals surface area contributed by atoms with Gasteiger partial charge in [-0.25, -0.2) is 8.42 Å². The molecule has 1 aliphatic heterocycles. The molecule has 4 rings (SSSR count). The number of piperidine rings is 1. The second kappa shape index (κ2) is 9.45. The maximum Gasteiger partial charge on any atom is 0.243 e. The summed E-state index contributed by atoms with van der Waals surface area (Å²) in [5.74, 6) is -0.144. The number of anilines is 1. The Morgan fingerprint density at radius 2 is 1.45 bits per heavy atom. The van der Waals surface area contributed by atoms with Gasteiger partial charge in [0.2, 0.25) is 15.9 Å². The Labute approximate surface area is 183 Å². The van der Waals surface area contributed by atoms with E-state index in [1.54, 1.807) is 28.6 Å². The zero-order chi connectivity index (χ0) is 21.7. The third kappa shape index (κ3) is 5.03. The van der Waals surface area contributed by atoms with Crippen molar-refractivity contribution in [1.29, 1.82) is 0 Å². The minimum absolute atomic E-state index is 0.144. The highest BCUT2D eigenvalue weighted by Crippen LogP contribution is 2.28. The first kappa shape index (κ1) is 21.3. The lowest BCUT2D eigenvalue weighted by atomic mass is 10.0. The van der Waals surface area contributed by atoms with Crippen LogP contribution >= 0.6 is 0 Å². The van der Waals surface area contributed by atoms with Gasteiger partial charge in [0.15, 0.2) is 0 Å². The molecule has 1 aliphatic rings. The summed E-state index contributed by atoms with van der Waals surface area (Å²) >= 11 is 0. The first-order chi connectivity index (χ1) is 15.0. The van der Waals surface area contributed by atoms with E-state index >= 15 is 0 Å². The summed E-state index contributed by atoms with van der Waals surface area (Å²) in [5, 5.41) is 2.99. The van der Waals surface area contributed by atoms with Gasteiger partial charge in [0.1, 0.15) is 0 Å². The Bertz CT molecular complexity index is 1140. The van der Waals surface area contributed by atoms with Gasteiger partial charge >= 0.3 is 0 Å². The van der Waals surface area contributed by atoms with E-state index < -0.39 is 10.0 Å². The second-order valence-electron chi connectivity index (χ2n) is 7.75. The molecule has 3 aromatic rings. The minimum Gasteiger partial charge on any atom is -0.325 e. The number of sulfonamides is 1. The molecule has 0 spiro atoms. The molecule has 0 saturated carbocycles. The molecule has 1 heterocycles. The number of carbonyl (C=O) groups is 1. The zero-order valence-corrected chi connectivity index (χ0v) is 18.1. The molecule has 1 N–H and O–H groups in total. The van der Waals surface area contributed by atoms with Gasteiger partial charge in [0, 0.05) is 24.3 Å². The van der Waals surface area contributed by atoms with Crippen molar-refractivity contribution in [2.45, 2.75) is 30.6 Å². The predicted molar refractivity (Wildman–Crippen MR) is 123 cm³/mol. The molecule has 1 saturated heterocycles. The van der Waals surface area contributed by atoms with Gasteiger partial charge in [-0.05, 0) is 42.2 Å². The monoisotopic (exact) mass is 434 g/mol. The molecule has 0 atom stereocenters. The normalized spacial score (nSPS) is 14.8. The highest BCUT2D eigenvalue weighted by molar-refractivity contribution is 7.89. The lowest BCUT2D eigenvalue weighted by Gasteiger charge is -2.25. The van der Waals surface area contributed by atoms with E-state index in [1.165, 1.54) is 0 Å². The molecular formula is C25H26N2O3S. The topological polar surface area (TPSA) is 66.5 Å². The van der Waals surface area contributed by atoms with E-state index in [-0.39, 0.29) is 17.2 Å². The number of para-hydroxylation sites is 1. The number of amides is 1. The van der Waals surface area contributed by atoms with Gasteiger partial charge in [-0.2, -0.15) is 4.31 Å². The van der Waals surface area contributed by atoms with Crippen molar-refractivity contribution in [2.75, 3.05) is 18.4 Å². The van der Waals surface area contributed by atoms with Crippen molar-refractivity contribution < 1.29 is 13.2 Å². The molecule has 3 aromatic carbocycles. The van der Waals surface area contributed by atoms with Crippen LogP contribution in [0.3, 0.4) is 0 Å². The summed E-state index contributed by atoms with van der Waals surface area (Å²) in [6, 6.07) is 24.2. The van der Waals surface area contributed by atoms with Crippen LogP contribution < -0.4 is 5.32 Å². The summed E-state index contributed by atoms with van der Waals surface area (Å²) < 4.78 is 27.1. The standard InChI is InChI=1S/C25H26N2O3S/c28-25(26-24-12-6-5-11-23(24)21-9-3-1-4-10-21)19-20-13-15-22(16-14-20)31(29,30)27-17-7-2-8-18-27/h1,3-6,9-16H,2,7-8,17-19H2,(H,26,28). The first-order valence-electron chi connectivity index (χ1n) is 10.6. The highest BCUT2D eigenvalue weighted by Gasteiger charge is 2.25. The Morgan fingerprint density at radius 3 is 2.16 bits per heavy atom. The van der Waals surface area contributed by atoms with E-state index in [0.717, 1.165) is 41.6 Å². The average molecular weight is 435 g/mol. The number of nitrogens with zero attached hydrogens (tertiary/aromatic N) is 1. The minimum atomic E-state index is -3.46. The van der Waals surface area contributed by atoms with E-state index in [1.807, 2.05) is 54.6 Å². The fourth-order valence-electron chi connectivity index (χ4n) is 3.87. The summed E-state index contributed by atoms with van der Waals surface area (Å²) in [6.45, 7) is 1.15. The number of hydrogen-bond acceptors (Lipinski definition) is 3. The molecule has 6 heteroatoms. The molecule has 5 nitrogen and oxygen atoms in total. The molecule has 1 fully saturated rings. The number of benzene rings is 3. The zero-order valence-electron chi connectivity index (χ0n) is 17.3. The summed E-state index contributed by atoms with van der Waals surface area (Å²) in [4.78, 5) is 12.9. The van der Waals surface area contributed by atoms with Crippen molar-refractivity contribution in [3.63, 3.8) is 0 Å². The Morgan fingerprint density at radius 1 is 0.806 bits per heavy atom. The van der Waals surface area contributed by atoms with Crippen molar-refractivity contribution in [3.05, 3.63) is 84.4 Å². The van der Waals surface area contributed by atoms with Crippen LogP contribution in [0.1, 0.15) is 24.8 Å². The summed E-state index contributed by atoms with van der Waals surface area (Å²) in [6.07, 6.45) is 3.06. The third-order valence-electron chi connectivity index (χ3n) is 5.53. The summed E-state index contributed by atoms with van der Waals surface area (Å²) in [5.41, 5.74) is 3.51. The lowest BCUT2D eigenvalue weighted by Crippen LogP contribution is -2.35. The van der Waals surface area contributed by atoms with Crippen LogP contribution in [0.4, 0.5) is 5.69 Å². The Balaban J connectivity index is 1.44. The van der Waals surface area contributed by atoms with Crippen molar-refractivity contribution >= 4 is 21.6 Å². The quantitative estimate of drug-likeness (QED) is 0.611. The van der Waals surface area contributed by atoms with E-state index in [4.69, 9.17) is 0 Å². The predicted octanol–water partition coefficient (Wildman–Crippen LogP) is 4.71. The molecular weight excluding hydrogens is 408 g/mol. The maximum absolute atomic E-state index is 12.8. The number of rotatable bonds is 6. The van der Waals surface area contributed by atoms with Crippen LogP contribution in [0, 0.1) is 0 Å². The smallest absolute Gasteiger partial charge is 0.243 e. The van der Waals surface area contributed by atoms with Crippen LogP contribution in [0.15, 0.2) is 83.8 Å². The van der Waals surface area contributed by atoms with E-state index in [2.05, 4.69) is 5.32 Å². The van der Waals surface area contributed by atoms with Crippen molar-refractivity contribution in [1.82, 2.24) is 4.31 Å². The molecule has 0 aromatic heterocycles. The molecule has 0 radical (unpaired) electrons. The van der Waals surface area contributed by atoms with Gasteiger partial charge < -0.3 is 5.32 Å². The van der Waals surface area contributed by atoms with E-state index in [0.29, 0.717) is 13.1 Å². The molecule has 31 heavy (non-hydrogen) atoms. The van der Waals surface area contributed by atoms with Gasteiger partial charge in [-0.15, -0.1) is 0 Å². The van der Waals surface area contributed by atoms with Crippen LogP contribution in [-0.4, -0.2) is 31.7 Å².